The lowest BCUT2D eigenvalue weighted by atomic mass is 9.83. The Morgan fingerprint density at radius 1 is 1.13 bits per heavy atom. The van der Waals surface area contributed by atoms with Gasteiger partial charge >= 0.3 is 5.97 Å². The van der Waals surface area contributed by atoms with Crippen LogP contribution in [0.15, 0.2) is 59.8 Å². The minimum atomic E-state index is -0.411. The van der Waals surface area contributed by atoms with E-state index in [1.165, 1.54) is 0 Å². The highest BCUT2D eigenvalue weighted by Gasteiger charge is 2.36. The van der Waals surface area contributed by atoms with Gasteiger partial charge in [0.1, 0.15) is 6.61 Å². The van der Waals surface area contributed by atoms with Crippen molar-refractivity contribution in [3.63, 3.8) is 0 Å². The van der Waals surface area contributed by atoms with E-state index in [4.69, 9.17) is 21.1 Å². The number of benzene rings is 2. The molecular weight excluding hydrogens is 402 g/mol. The zero-order chi connectivity index (χ0) is 21.7. The van der Waals surface area contributed by atoms with E-state index < -0.39 is 5.97 Å². The number of amides is 1. The minimum absolute atomic E-state index is 0.0417. The fourth-order valence-electron chi connectivity index (χ4n) is 3.71. The lowest BCUT2D eigenvalue weighted by molar-refractivity contribution is -0.141. The smallest absolute Gasteiger partial charge is 0.336 e. The molecule has 2 aromatic carbocycles. The van der Waals surface area contributed by atoms with E-state index in [9.17, 15) is 9.59 Å². The number of methoxy groups -OCH3 is 1. The van der Waals surface area contributed by atoms with Crippen LogP contribution in [-0.4, -0.2) is 37.0 Å². The molecule has 6 heteroatoms. The summed E-state index contributed by atoms with van der Waals surface area (Å²) in [5.41, 5.74) is 3.99. The highest BCUT2D eigenvalue weighted by atomic mass is 35.5. The monoisotopic (exact) mass is 427 g/mol. The van der Waals surface area contributed by atoms with Crippen molar-refractivity contribution in [2.75, 3.05) is 20.3 Å². The van der Waals surface area contributed by atoms with E-state index in [1.807, 2.05) is 43.3 Å². The molecule has 30 heavy (non-hydrogen) atoms. The second kappa shape index (κ2) is 9.92. The fraction of sp³-hybridized carbons (Fsp3) is 0.333. The molecule has 1 aliphatic heterocycles. The van der Waals surface area contributed by atoms with Gasteiger partial charge in [-0.05, 0) is 42.7 Å². The van der Waals surface area contributed by atoms with Crippen LogP contribution in [0.2, 0.25) is 5.02 Å². The molecule has 5 nitrogen and oxygen atoms in total. The summed E-state index contributed by atoms with van der Waals surface area (Å²) in [7, 11) is 1.58. The summed E-state index contributed by atoms with van der Waals surface area (Å²) in [6.45, 7) is 4.74. The predicted molar refractivity (Wildman–Crippen MR) is 116 cm³/mol. The number of esters is 1. The van der Waals surface area contributed by atoms with Crippen molar-refractivity contribution in [1.82, 2.24) is 4.90 Å². The third-order valence-corrected chi connectivity index (χ3v) is 5.71. The minimum Gasteiger partial charge on any atom is -0.457 e. The van der Waals surface area contributed by atoms with Crippen molar-refractivity contribution >= 4 is 23.5 Å². The van der Waals surface area contributed by atoms with E-state index in [2.05, 4.69) is 0 Å². The van der Waals surface area contributed by atoms with Crippen molar-refractivity contribution in [3.05, 3.63) is 81.5 Å². The van der Waals surface area contributed by atoms with Gasteiger partial charge in [0.2, 0.25) is 5.91 Å². The van der Waals surface area contributed by atoms with Crippen LogP contribution in [0, 0.1) is 6.92 Å². The highest BCUT2D eigenvalue weighted by Crippen LogP contribution is 2.37. The fourth-order valence-corrected chi connectivity index (χ4v) is 3.84. The number of hydrogen-bond acceptors (Lipinski definition) is 4. The third kappa shape index (κ3) is 4.91. The van der Waals surface area contributed by atoms with Crippen molar-refractivity contribution in [3.8, 4) is 0 Å². The summed E-state index contributed by atoms with van der Waals surface area (Å²) in [6, 6.07) is 15.0. The van der Waals surface area contributed by atoms with Crippen molar-refractivity contribution in [2.24, 2.45) is 0 Å². The summed E-state index contributed by atoms with van der Waals surface area (Å²) in [6.07, 6.45) is 0.192. The molecule has 0 N–H and O–H groups in total. The number of aryl methyl sites for hydroxylation is 1. The topological polar surface area (TPSA) is 55.8 Å². The Bertz CT molecular complexity index is 952. The first-order chi connectivity index (χ1) is 14.4. The van der Waals surface area contributed by atoms with Crippen LogP contribution >= 0.6 is 11.6 Å². The summed E-state index contributed by atoms with van der Waals surface area (Å²) in [5.74, 6) is -0.830. The SMILES string of the molecule is COCCN1C(=O)CC(c2ccc(Cl)cc2)C(C(=O)OCc2ccccc2C)=C1C. The molecule has 0 radical (unpaired) electrons. The van der Waals surface area contributed by atoms with Gasteiger partial charge in [-0.15, -0.1) is 0 Å². The Balaban J connectivity index is 1.93. The first-order valence-corrected chi connectivity index (χ1v) is 10.3. The lowest BCUT2D eigenvalue weighted by Gasteiger charge is -2.34. The van der Waals surface area contributed by atoms with E-state index in [-0.39, 0.29) is 24.9 Å². The summed E-state index contributed by atoms with van der Waals surface area (Å²) < 4.78 is 10.8. The second-order valence-electron chi connectivity index (χ2n) is 7.35. The Morgan fingerprint density at radius 3 is 2.50 bits per heavy atom. The molecule has 2 aromatic rings. The number of carbonyl (C=O) groups is 2. The lowest BCUT2D eigenvalue weighted by Crippen LogP contribution is -2.40. The van der Waals surface area contributed by atoms with E-state index in [0.717, 1.165) is 16.7 Å². The molecule has 1 unspecified atom stereocenters. The zero-order valence-corrected chi connectivity index (χ0v) is 18.2. The number of nitrogens with zero attached hydrogens (tertiary/aromatic N) is 1. The second-order valence-corrected chi connectivity index (χ2v) is 7.78. The first-order valence-electron chi connectivity index (χ1n) is 9.89. The molecule has 0 saturated carbocycles. The van der Waals surface area contributed by atoms with Crippen LogP contribution in [0.1, 0.15) is 36.0 Å². The van der Waals surface area contributed by atoms with Gasteiger partial charge < -0.3 is 14.4 Å². The molecule has 3 rings (SSSR count). The molecule has 1 amide bonds. The number of allylic oxidation sites excluding steroid dienone is 1. The van der Waals surface area contributed by atoms with Crippen molar-refractivity contribution < 1.29 is 19.1 Å². The van der Waals surface area contributed by atoms with Gasteiger partial charge in [0.15, 0.2) is 0 Å². The molecule has 158 valence electrons. The number of halogens is 1. The number of rotatable bonds is 7. The summed E-state index contributed by atoms with van der Waals surface area (Å²) in [4.78, 5) is 27.6. The van der Waals surface area contributed by atoms with Gasteiger partial charge in [0.05, 0.1) is 12.2 Å². The molecule has 0 fully saturated rings. The standard InChI is InChI=1S/C24H26ClNO4/c1-16-6-4-5-7-19(16)15-30-24(28)23-17(2)26(12-13-29-3)22(27)14-21(23)18-8-10-20(25)11-9-18/h4-11,21H,12-15H2,1-3H3. The Labute approximate surface area is 182 Å². The summed E-state index contributed by atoms with van der Waals surface area (Å²) >= 11 is 6.03. The van der Waals surface area contributed by atoms with Gasteiger partial charge in [0, 0.05) is 36.7 Å². The maximum Gasteiger partial charge on any atom is 0.336 e. The van der Waals surface area contributed by atoms with E-state index in [1.54, 1.807) is 31.1 Å². The molecule has 0 spiro atoms. The largest absolute Gasteiger partial charge is 0.457 e. The van der Waals surface area contributed by atoms with E-state index in [0.29, 0.717) is 29.4 Å². The molecule has 1 aliphatic rings. The average molecular weight is 428 g/mol. The quantitative estimate of drug-likeness (QED) is 0.604. The van der Waals surface area contributed by atoms with Crippen molar-refractivity contribution in [1.29, 1.82) is 0 Å². The molecular formula is C24H26ClNO4. The molecule has 0 bridgehead atoms. The van der Waals surface area contributed by atoms with Gasteiger partial charge in [-0.1, -0.05) is 48.0 Å². The zero-order valence-electron chi connectivity index (χ0n) is 17.5. The Hall–Kier alpha value is -2.63. The predicted octanol–water partition coefficient (Wildman–Crippen LogP) is 4.63. The van der Waals surface area contributed by atoms with Gasteiger partial charge in [-0.25, -0.2) is 4.79 Å². The molecule has 0 aliphatic carbocycles. The van der Waals surface area contributed by atoms with Gasteiger partial charge in [-0.2, -0.15) is 0 Å². The van der Waals surface area contributed by atoms with Crippen LogP contribution in [0.5, 0.6) is 0 Å². The normalized spacial score (nSPS) is 16.7. The molecule has 0 saturated heterocycles. The van der Waals surface area contributed by atoms with Crippen LogP contribution in [-0.2, 0) is 25.7 Å². The number of carbonyl (C=O) groups excluding carboxylic acids is 2. The van der Waals surface area contributed by atoms with Gasteiger partial charge in [-0.3, -0.25) is 4.79 Å². The molecule has 1 atom stereocenters. The number of hydrogen-bond donors (Lipinski definition) is 0. The number of ether oxygens (including phenoxy) is 2. The maximum atomic E-state index is 13.2. The maximum absolute atomic E-state index is 13.2. The van der Waals surface area contributed by atoms with E-state index >= 15 is 0 Å². The van der Waals surface area contributed by atoms with Crippen LogP contribution in [0.4, 0.5) is 0 Å². The Morgan fingerprint density at radius 2 is 1.83 bits per heavy atom. The Kier molecular flexibility index (Phi) is 7.29. The highest BCUT2D eigenvalue weighted by molar-refractivity contribution is 6.30. The van der Waals surface area contributed by atoms with Crippen molar-refractivity contribution in [2.45, 2.75) is 32.8 Å². The third-order valence-electron chi connectivity index (χ3n) is 5.45. The molecule has 1 heterocycles. The van der Waals surface area contributed by atoms with Crippen LogP contribution < -0.4 is 0 Å². The first kappa shape index (κ1) is 22.1. The molecule has 0 aromatic heterocycles. The summed E-state index contributed by atoms with van der Waals surface area (Å²) in [5, 5.41) is 0.604. The van der Waals surface area contributed by atoms with Crippen LogP contribution in [0.25, 0.3) is 0 Å². The van der Waals surface area contributed by atoms with Gasteiger partial charge in [0.25, 0.3) is 0 Å². The van der Waals surface area contributed by atoms with Crippen LogP contribution in [0.3, 0.4) is 0 Å². The average Bonchev–Trinajstić information content (AvgIpc) is 2.73.